The van der Waals surface area contributed by atoms with Crippen molar-refractivity contribution in [2.75, 3.05) is 0 Å². The van der Waals surface area contributed by atoms with Gasteiger partial charge < -0.3 is 0 Å². The van der Waals surface area contributed by atoms with Crippen molar-refractivity contribution < 1.29 is 9.59 Å². The van der Waals surface area contributed by atoms with E-state index in [9.17, 15) is 19.2 Å². The fourth-order valence-corrected chi connectivity index (χ4v) is 7.70. The van der Waals surface area contributed by atoms with Gasteiger partial charge in [-0.05, 0) is 50.5 Å². The molecule has 0 aliphatic heterocycles. The maximum atomic E-state index is 14.6. The largest absolute Gasteiger partial charge is 0.289 e. The minimum Gasteiger partial charge on any atom is -0.289 e. The van der Waals surface area contributed by atoms with E-state index >= 15 is 0 Å². The molecule has 8 aromatic rings. The predicted molar refractivity (Wildman–Crippen MR) is 170 cm³/mol. The number of halogens is 2. The van der Waals surface area contributed by atoms with E-state index < -0.39 is 22.4 Å². The second-order valence-electron chi connectivity index (χ2n) is 10.8. The molecule has 6 heteroatoms. The highest BCUT2D eigenvalue weighted by atomic mass is 35.5. The van der Waals surface area contributed by atoms with Gasteiger partial charge in [-0.2, -0.15) is 0 Å². The zero-order valence-corrected chi connectivity index (χ0v) is 23.0. The first-order valence-electron chi connectivity index (χ1n) is 13.3. The van der Waals surface area contributed by atoms with E-state index in [-0.39, 0.29) is 53.8 Å². The normalized spacial score (nSPS) is 13.3. The summed E-state index contributed by atoms with van der Waals surface area (Å²) in [6.07, 6.45) is 0. The van der Waals surface area contributed by atoms with Crippen molar-refractivity contribution in [1.82, 2.24) is 0 Å². The smallest absolute Gasteiger partial charge is 0.196 e. The lowest BCUT2D eigenvalue weighted by Crippen LogP contribution is -2.18. The van der Waals surface area contributed by atoms with Gasteiger partial charge in [-0.1, -0.05) is 89.9 Å². The fourth-order valence-electron chi connectivity index (χ4n) is 7.18. The highest BCUT2D eigenvalue weighted by Crippen LogP contribution is 2.47. The molecule has 0 heterocycles. The lowest BCUT2D eigenvalue weighted by molar-refractivity contribution is 0.101. The van der Waals surface area contributed by atoms with Crippen LogP contribution in [-0.2, 0) is 0 Å². The molecule has 0 atom stereocenters. The Morgan fingerprint density at radius 3 is 1.81 bits per heavy atom. The molecule has 0 spiro atoms. The number of rotatable bonds is 0. The van der Waals surface area contributed by atoms with Crippen LogP contribution in [0, 0.1) is 0 Å². The van der Waals surface area contributed by atoms with Crippen LogP contribution < -0.4 is 10.9 Å². The number of hydrogen-bond donors (Lipinski definition) is 0. The molecule has 0 amide bonds. The van der Waals surface area contributed by atoms with E-state index in [0.29, 0.717) is 16.2 Å². The number of carbonyl (C=O) groups excluding carboxylic acids is 2. The van der Waals surface area contributed by atoms with Gasteiger partial charge in [0.1, 0.15) is 0 Å². The van der Waals surface area contributed by atoms with Gasteiger partial charge in [0.15, 0.2) is 22.4 Å². The molecule has 0 fully saturated rings. The number of benzene rings is 8. The third-order valence-corrected chi connectivity index (χ3v) is 9.45. The number of carbonyl (C=O) groups is 2. The summed E-state index contributed by atoms with van der Waals surface area (Å²) in [6.45, 7) is 0. The van der Waals surface area contributed by atoms with Crippen LogP contribution in [0.4, 0.5) is 0 Å². The van der Waals surface area contributed by atoms with Gasteiger partial charge in [-0.3, -0.25) is 19.2 Å². The lowest BCUT2D eigenvalue weighted by atomic mass is 9.81. The van der Waals surface area contributed by atoms with Crippen molar-refractivity contribution in [3.05, 3.63) is 138 Å². The van der Waals surface area contributed by atoms with Crippen molar-refractivity contribution in [2.24, 2.45) is 0 Å². The van der Waals surface area contributed by atoms with Gasteiger partial charge in [0.2, 0.25) is 0 Å². The first-order chi connectivity index (χ1) is 20.4. The van der Waals surface area contributed by atoms with Crippen LogP contribution in [0.25, 0.3) is 64.6 Å². The first-order valence-corrected chi connectivity index (χ1v) is 14.1. The Hall–Kier alpha value is -4.90. The summed E-state index contributed by atoms with van der Waals surface area (Å²) < 4.78 is 0. The van der Waals surface area contributed by atoms with E-state index in [1.807, 2.05) is 42.5 Å². The highest BCUT2D eigenvalue weighted by Gasteiger charge is 2.35. The standard InChI is InChI=1S/C36H14Cl2O4/c37-22-11-3-9-19-25(22)33(39)21-14-13-17-16-7-1-5-15-6-2-8-18(24(15)16)28-27(17)29(21)31(34(19)40)32-30(28)35(41)20-10-4-12-23(38)26(20)36(32)42/h1-14H. The highest BCUT2D eigenvalue weighted by molar-refractivity contribution is 6.47. The van der Waals surface area contributed by atoms with Gasteiger partial charge >= 0.3 is 0 Å². The molecule has 9 rings (SSSR count). The van der Waals surface area contributed by atoms with Crippen molar-refractivity contribution in [1.29, 1.82) is 0 Å². The molecule has 1 aliphatic carbocycles. The molecule has 0 aromatic heterocycles. The molecule has 0 radical (unpaired) electrons. The van der Waals surface area contributed by atoms with Gasteiger partial charge in [-0.15, -0.1) is 0 Å². The molecule has 0 saturated carbocycles. The molecular weight excluding hydrogens is 567 g/mol. The first kappa shape index (κ1) is 23.8. The summed E-state index contributed by atoms with van der Waals surface area (Å²) in [6, 6.07) is 24.9. The van der Waals surface area contributed by atoms with Gasteiger partial charge in [0, 0.05) is 43.6 Å². The van der Waals surface area contributed by atoms with E-state index in [2.05, 4.69) is 0 Å². The molecule has 0 N–H and O–H groups in total. The van der Waals surface area contributed by atoms with Gasteiger partial charge in [0.25, 0.3) is 0 Å². The Balaban J connectivity index is 1.74. The quantitative estimate of drug-likeness (QED) is 0.134. The average molecular weight is 581 g/mol. The molecule has 42 heavy (non-hydrogen) atoms. The Morgan fingerprint density at radius 2 is 1.00 bits per heavy atom. The van der Waals surface area contributed by atoms with Gasteiger partial charge in [0.05, 0.1) is 21.0 Å². The molecule has 4 nitrogen and oxygen atoms in total. The van der Waals surface area contributed by atoms with E-state index in [1.165, 1.54) is 0 Å². The zero-order valence-electron chi connectivity index (χ0n) is 21.5. The molecule has 0 unspecified atom stereocenters. The van der Waals surface area contributed by atoms with E-state index in [4.69, 9.17) is 23.2 Å². The summed E-state index contributed by atoms with van der Waals surface area (Å²) in [5.74, 6) is -0.946. The third kappa shape index (κ3) is 2.65. The predicted octanol–water partition coefficient (Wildman–Crippen LogP) is 8.28. The van der Waals surface area contributed by atoms with E-state index in [0.717, 1.165) is 26.9 Å². The van der Waals surface area contributed by atoms with Crippen LogP contribution in [0.3, 0.4) is 0 Å². The summed E-state index contributed by atoms with van der Waals surface area (Å²) in [5, 5.41) is 6.53. The molecule has 0 bridgehead atoms. The minimum atomic E-state index is -0.534. The number of fused-ring (bicyclic) bond motifs is 7. The molecule has 0 saturated heterocycles. The van der Waals surface area contributed by atoms with Crippen LogP contribution in [0.5, 0.6) is 0 Å². The SMILES string of the molecule is O=C1c2c(Cl)cccc2C(=O)c2c3c1ccc1c4cccc5cccc(c54)c(c4c(=O)c5cccc(Cl)c5c(=O)c24)c31. The van der Waals surface area contributed by atoms with Crippen LogP contribution in [-0.4, -0.2) is 11.6 Å². The Morgan fingerprint density at radius 1 is 0.381 bits per heavy atom. The monoisotopic (exact) mass is 580 g/mol. The van der Waals surface area contributed by atoms with E-state index in [1.54, 1.807) is 42.5 Å². The van der Waals surface area contributed by atoms with Gasteiger partial charge in [-0.25, -0.2) is 0 Å². The zero-order chi connectivity index (χ0) is 28.6. The summed E-state index contributed by atoms with van der Waals surface area (Å²) in [4.78, 5) is 57.8. The molecule has 1 aliphatic rings. The van der Waals surface area contributed by atoms with Crippen molar-refractivity contribution in [3.8, 4) is 0 Å². The lowest BCUT2D eigenvalue weighted by Gasteiger charge is -2.19. The average Bonchev–Trinajstić information content (AvgIpc) is 3.09. The minimum absolute atomic E-state index is 0.0245. The van der Waals surface area contributed by atoms with Crippen molar-refractivity contribution in [3.63, 3.8) is 0 Å². The van der Waals surface area contributed by atoms with Crippen LogP contribution >= 0.6 is 23.2 Å². The summed E-state index contributed by atoms with van der Waals surface area (Å²) >= 11 is 13.1. The third-order valence-electron chi connectivity index (χ3n) is 8.82. The Kier molecular flexibility index (Phi) is 4.46. The molecular formula is C36H14Cl2O4. The molecule has 8 aromatic carbocycles. The summed E-state index contributed by atoms with van der Waals surface area (Å²) in [7, 11) is 0. The summed E-state index contributed by atoms with van der Waals surface area (Å²) in [5.41, 5.74) is -0.455. The maximum absolute atomic E-state index is 14.6. The second kappa shape index (κ2) is 7.89. The van der Waals surface area contributed by atoms with Crippen molar-refractivity contribution >= 4 is 99.4 Å². The van der Waals surface area contributed by atoms with Crippen LogP contribution in [0.1, 0.15) is 31.8 Å². The second-order valence-corrected chi connectivity index (χ2v) is 11.6. The topological polar surface area (TPSA) is 68.3 Å². The number of ketones is 2. The fraction of sp³-hybridized carbons (Fsp3) is 0. The molecule has 196 valence electrons. The van der Waals surface area contributed by atoms with Crippen LogP contribution in [0.2, 0.25) is 10.0 Å². The maximum Gasteiger partial charge on any atom is 0.196 e. The number of hydrogen-bond acceptors (Lipinski definition) is 4. The van der Waals surface area contributed by atoms with Crippen molar-refractivity contribution in [2.45, 2.75) is 0 Å². The van der Waals surface area contributed by atoms with Crippen LogP contribution in [0.15, 0.2) is 94.5 Å². The Bertz CT molecular complexity index is 2720. The Labute approximate surface area is 246 Å².